The van der Waals surface area contributed by atoms with Gasteiger partial charge in [-0.1, -0.05) is 45.4 Å². The molecule has 0 aromatic heterocycles. The summed E-state index contributed by atoms with van der Waals surface area (Å²) in [5.41, 5.74) is 5.25. The maximum Gasteiger partial charge on any atom is 0.306 e. The molecule has 0 aromatic rings. The van der Waals surface area contributed by atoms with Crippen LogP contribution in [0.1, 0.15) is 105 Å². The van der Waals surface area contributed by atoms with Gasteiger partial charge in [-0.2, -0.15) is 0 Å². The van der Waals surface area contributed by atoms with Crippen molar-refractivity contribution >= 4 is 5.97 Å². The first-order valence-corrected chi connectivity index (χ1v) is 9.90. The third-order valence-corrected chi connectivity index (χ3v) is 4.15. The third kappa shape index (κ3) is 16.3. The van der Waals surface area contributed by atoms with Gasteiger partial charge in [0.25, 0.3) is 0 Å². The number of rotatable bonds is 8. The molecule has 4 heteroatoms. The summed E-state index contributed by atoms with van der Waals surface area (Å²) >= 11 is 0. The Kier molecular flexibility index (Phi) is 13.3. The molecule has 1 aliphatic rings. The molecule has 0 heterocycles. The number of carbonyl (C=O) groups is 1. The zero-order valence-electron chi connectivity index (χ0n) is 16.5. The predicted molar refractivity (Wildman–Crippen MR) is 101 cm³/mol. The van der Waals surface area contributed by atoms with E-state index >= 15 is 0 Å². The molecule has 1 aliphatic carbocycles. The maximum absolute atomic E-state index is 11.4. The molecule has 3 N–H and O–H groups in total. The number of hydrogen-bond donors (Lipinski definition) is 2. The molecule has 0 amide bonds. The standard InChI is InChI=1S/C14H28O2.C6H13NO/c1-5-6-7-8-9-10-11-12-13(15)16-14(2,3)4;7-5-1-3-6(8)4-2-5/h5-12H2,1-4H3;5-6,8H,1-4,7H2. The molecule has 24 heavy (non-hydrogen) atoms. The number of ether oxygens (including phenoxy) is 1. The Morgan fingerprint density at radius 3 is 1.96 bits per heavy atom. The van der Waals surface area contributed by atoms with Gasteiger partial charge in [-0.25, -0.2) is 0 Å². The highest BCUT2D eigenvalue weighted by Crippen LogP contribution is 2.16. The minimum Gasteiger partial charge on any atom is -0.460 e. The summed E-state index contributed by atoms with van der Waals surface area (Å²) in [6.07, 6.45) is 13.0. The molecule has 1 rings (SSSR count). The van der Waals surface area contributed by atoms with Crippen LogP contribution in [0.3, 0.4) is 0 Å². The van der Waals surface area contributed by atoms with Crippen molar-refractivity contribution in [3.63, 3.8) is 0 Å². The van der Waals surface area contributed by atoms with E-state index in [2.05, 4.69) is 6.92 Å². The van der Waals surface area contributed by atoms with Gasteiger partial charge in [-0.15, -0.1) is 0 Å². The monoisotopic (exact) mass is 343 g/mol. The Hall–Kier alpha value is -0.610. The number of aliphatic hydroxyl groups is 1. The molecule has 1 saturated carbocycles. The SMILES string of the molecule is CCCCCCCCCC(=O)OC(C)(C)C.NC1CCC(O)CC1. The quantitative estimate of drug-likeness (QED) is 0.494. The predicted octanol–water partition coefficient (Wildman–Crippen LogP) is 4.72. The molecule has 0 spiro atoms. The first kappa shape index (κ1) is 23.4. The summed E-state index contributed by atoms with van der Waals surface area (Å²) in [7, 11) is 0. The molecule has 0 aliphatic heterocycles. The van der Waals surface area contributed by atoms with Gasteiger partial charge < -0.3 is 15.6 Å². The summed E-state index contributed by atoms with van der Waals surface area (Å²) in [5, 5.41) is 8.97. The average molecular weight is 344 g/mol. The van der Waals surface area contributed by atoms with Crippen molar-refractivity contribution in [1.82, 2.24) is 0 Å². The Labute approximate surface area is 149 Å². The van der Waals surface area contributed by atoms with Crippen LogP contribution in [0.15, 0.2) is 0 Å². The van der Waals surface area contributed by atoms with Crippen molar-refractivity contribution in [3.8, 4) is 0 Å². The fourth-order valence-electron chi connectivity index (χ4n) is 2.72. The van der Waals surface area contributed by atoms with E-state index in [0.717, 1.165) is 38.5 Å². The zero-order chi connectivity index (χ0) is 18.4. The number of nitrogens with two attached hydrogens (primary N) is 1. The van der Waals surface area contributed by atoms with Crippen LogP contribution in [0.5, 0.6) is 0 Å². The minimum absolute atomic E-state index is 0.0546. The third-order valence-electron chi connectivity index (χ3n) is 4.15. The van der Waals surface area contributed by atoms with E-state index in [9.17, 15) is 4.79 Å². The molecule has 0 bridgehead atoms. The second-order valence-electron chi connectivity index (χ2n) is 8.03. The van der Waals surface area contributed by atoms with Crippen LogP contribution >= 0.6 is 0 Å². The molecule has 0 radical (unpaired) electrons. The van der Waals surface area contributed by atoms with Gasteiger partial charge >= 0.3 is 5.97 Å². The van der Waals surface area contributed by atoms with Crippen LogP contribution in [0.4, 0.5) is 0 Å². The highest BCUT2D eigenvalue weighted by molar-refractivity contribution is 5.69. The van der Waals surface area contributed by atoms with Crippen LogP contribution < -0.4 is 5.73 Å². The van der Waals surface area contributed by atoms with Crippen molar-refractivity contribution in [1.29, 1.82) is 0 Å². The maximum atomic E-state index is 11.4. The van der Waals surface area contributed by atoms with Crippen LogP contribution in [0.2, 0.25) is 0 Å². The molecular weight excluding hydrogens is 302 g/mol. The molecule has 144 valence electrons. The normalized spacial score (nSPS) is 20.9. The lowest BCUT2D eigenvalue weighted by atomic mass is 9.94. The largest absolute Gasteiger partial charge is 0.460 e. The first-order valence-electron chi connectivity index (χ1n) is 9.90. The second-order valence-corrected chi connectivity index (χ2v) is 8.03. The number of carbonyl (C=O) groups excluding carboxylic acids is 1. The highest BCUT2D eigenvalue weighted by Gasteiger charge is 2.15. The van der Waals surface area contributed by atoms with Gasteiger partial charge in [0.1, 0.15) is 5.60 Å². The lowest BCUT2D eigenvalue weighted by Gasteiger charge is -2.21. The number of unbranched alkanes of at least 4 members (excludes halogenated alkanes) is 6. The van der Waals surface area contributed by atoms with Crippen LogP contribution in [0.25, 0.3) is 0 Å². The lowest BCUT2D eigenvalue weighted by Crippen LogP contribution is -2.28. The van der Waals surface area contributed by atoms with Crippen molar-refractivity contribution in [2.45, 2.75) is 122 Å². The van der Waals surface area contributed by atoms with Crippen molar-refractivity contribution in [2.75, 3.05) is 0 Å². The van der Waals surface area contributed by atoms with Gasteiger partial charge in [0, 0.05) is 12.5 Å². The van der Waals surface area contributed by atoms with Gasteiger partial charge in [0.15, 0.2) is 0 Å². The van der Waals surface area contributed by atoms with E-state index in [1.54, 1.807) is 0 Å². The van der Waals surface area contributed by atoms with E-state index in [-0.39, 0.29) is 17.7 Å². The van der Waals surface area contributed by atoms with Crippen molar-refractivity contribution in [3.05, 3.63) is 0 Å². The van der Waals surface area contributed by atoms with Crippen molar-refractivity contribution < 1.29 is 14.6 Å². The van der Waals surface area contributed by atoms with Crippen LogP contribution in [0, 0.1) is 0 Å². The Balaban J connectivity index is 0.000000546. The smallest absolute Gasteiger partial charge is 0.306 e. The number of esters is 1. The average Bonchev–Trinajstić information content (AvgIpc) is 2.48. The first-order chi connectivity index (χ1) is 11.2. The summed E-state index contributed by atoms with van der Waals surface area (Å²) in [4.78, 5) is 11.4. The lowest BCUT2D eigenvalue weighted by molar-refractivity contribution is -0.154. The Bertz CT molecular complexity index is 294. The van der Waals surface area contributed by atoms with Crippen LogP contribution in [-0.2, 0) is 9.53 Å². The summed E-state index contributed by atoms with van der Waals surface area (Å²) in [6, 6.07) is 0.360. The molecule has 4 nitrogen and oxygen atoms in total. The molecule has 0 saturated heterocycles. The topological polar surface area (TPSA) is 72.5 Å². The fraction of sp³-hybridized carbons (Fsp3) is 0.950. The minimum atomic E-state index is -0.335. The van der Waals surface area contributed by atoms with Crippen molar-refractivity contribution in [2.24, 2.45) is 5.73 Å². The number of aliphatic hydroxyl groups excluding tert-OH is 1. The van der Waals surface area contributed by atoms with Gasteiger partial charge in [-0.05, 0) is 52.9 Å². The Morgan fingerprint density at radius 2 is 1.50 bits per heavy atom. The van der Waals surface area contributed by atoms with E-state index in [1.165, 1.54) is 32.1 Å². The summed E-state index contributed by atoms with van der Waals surface area (Å²) < 4.78 is 5.24. The second kappa shape index (κ2) is 13.7. The molecule has 1 fully saturated rings. The molecule has 0 unspecified atom stereocenters. The van der Waals surface area contributed by atoms with E-state index in [4.69, 9.17) is 15.6 Å². The van der Waals surface area contributed by atoms with E-state index in [0.29, 0.717) is 12.5 Å². The van der Waals surface area contributed by atoms with E-state index < -0.39 is 0 Å². The Morgan fingerprint density at radius 1 is 1.00 bits per heavy atom. The number of hydrogen-bond acceptors (Lipinski definition) is 4. The van der Waals surface area contributed by atoms with Gasteiger partial charge in [0.2, 0.25) is 0 Å². The fourth-order valence-corrected chi connectivity index (χ4v) is 2.72. The summed E-state index contributed by atoms with van der Waals surface area (Å²) in [5.74, 6) is -0.0546. The van der Waals surface area contributed by atoms with Crippen LogP contribution in [-0.4, -0.2) is 28.8 Å². The molecular formula is C20H41NO3. The zero-order valence-corrected chi connectivity index (χ0v) is 16.5. The van der Waals surface area contributed by atoms with Gasteiger partial charge in [-0.3, -0.25) is 4.79 Å². The molecule has 0 atom stereocenters. The highest BCUT2D eigenvalue weighted by atomic mass is 16.6. The van der Waals surface area contributed by atoms with Gasteiger partial charge in [0.05, 0.1) is 6.10 Å². The van der Waals surface area contributed by atoms with E-state index in [1.807, 2.05) is 20.8 Å². The molecule has 0 aromatic carbocycles. The summed E-state index contributed by atoms with van der Waals surface area (Å²) in [6.45, 7) is 7.96.